The summed E-state index contributed by atoms with van der Waals surface area (Å²) in [7, 11) is 0. The van der Waals surface area contributed by atoms with Crippen LogP contribution in [-0.2, 0) is 23.8 Å². The Hall–Kier alpha value is -1.72. The van der Waals surface area contributed by atoms with Crippen molar-refractivity contribution in [3.8, 4) is 0 Å². The number of esters is 2. The Morgan fingerprint density at radius 2 is 2.08 bits per heavy atom. The second kappa shape index (κ2) is 8.78. The molecule has 0 spiro atoms. The topological polar surface area (TPSA) is 117 Å². The molecule has 1 N–H and O–H groups in total. The van der Waals surface area contributed by atoms with Gasteiger partial charge in [0, 0.05) is 30.9 Å². The van der Waals surface area contributed by atoms with Gasteiger partial charge in [-0.3, -0.25) is 23.9 Å². The number of aromatic nitrogens is 2. The number of hydrogen-bond acceptors (Lipinski definition) is 7. The van der Waals surface area contributed by atoms with E-state index in [-0.39, 0.29) is 18.6 Å². The lowest BCUT2D eigenvalue weighted by Gasteiger charge is -2.17. The molecule has 1 aliphatic heterocycles. The minimum Gasteiger partial charge on any atom is -0.463 e. The van der Waals surface area contributed by atoms with E-state index in [1.165, 1.54) is 29.6 Å². The van der Waals surface area contributed by atoms with E-state index in [2.05, 4.69) is 36.8 Å². The molecular weight excluding hydrogens is 480 g/mol. The number of hydrogen-bond donors (Lipinski definition) is 1. The van der Waals surface area contributed by atoms with E-state index in [1.807, 2.05) is 0 Å². The van der Waals surface area contributed by atoms with Crippen molar-refractivity contribution in [2.75, 3.05) is 6.61 Å². The van der Waals surface area contributed by atoms with E-state index in [0.29, 0.717) is 4.48 Å². The third kappa shape index (κ3) is 4.92. The van der Waals surface area contributed by atoms with Crippen molar-refractivity contribution in [1.29, 1.82) is 0 Å². The van der Waals surface area contributed by atoms with E-state index >= 15 is 0 Å². The summed E-state index contributed by atoms with van der Waals surface area (Å²) in [4.78, 5) is 50.1. The van der Waals surface area contributed by atoms with Crippen LogP contribution in [0.25, 0.3) is 4.48 Å². The normalized spacial score (nSPS) is 22.9. The monoisotopic (exact) mass is 494 g/mol. The van der Waals surface area contributed by atoms with Crippen molar-refractivity contribution in [3.63, 3.8) is 0 Å². The number of rotatable bonds is 5. The van der Waals surface area contributed by atoms with Gasteiger partial charge in [-0.05, 0) is 20.9 Å². The SMILES string of the molecule is CC(=O)OC[C@H]1O[C@@H](n2cc(C(Br)=CBr)c(=O)[nH]c2=O)C[C@@H]1OC(C)=O. The highest BCUT2D eigenvalue weighted by atomic mass is 79.9. The quantitative estimate of drug-likeness (QED) is 0.613. The third-order valence-corrected chi connectivity index (χ3v) is 5.31. The summed E-state index contributed by atoms with van der Waals surface area (Å²) in [5, 5.41) is 0. The molecule has 3 atom stereocenters. The maximum atomic E-state index is 12.2. The third-order valence-electron chi connectivity index (χ3n) is 3.58. The van der Waals surface area contributed by atoms with Gasteiger partial charge in [0.2, 0.25) is 0 Å². The predicted octanol–water partition coefficient (Wildman–Crippen LogP) is 1.41. The molecule has 2 heterocycles. The molecule has 0 aromatic carbocycles. The molecule has 0 saturated carbocycles. The maximum Gasteiger partial charge on any atom is 0.330 e. The molecule has 0 bridgehead atoms. The molecule has 1 fully saturated rings. The Morgan fingerprint density at radius 1 is 1.38 bits per heavy atom. The van der Waals surface area contributed by atoms with E-state index < -0.39 is 41.6 Å². The Labute approximate surface area is 164 Å². The molecule has 0 radical (unpaired) electrons. The van der Waals surface area contributed by atoms with Gasteiger partial charge in [0.05, 0.1) is 5.56 Å². The van der Waals surface area contributed by atoms with Crippen LogP contribution in [0.5, 0.6) is 0 Å². The number of carbonyl (C=O) groups excluding carboxylic acids is 2. The molecule has 1 saturated heterocycles. The number of ether oxygens (including phenoxy) is 3. The van der Waals surface area contributed by atoms with Gasteiger partial charge in [0.25, 0.3) is 5.56 Å². The van der Waals surface area contributed by atoms with Gasteiger partial charge in [-0.2, -0.15) is 0 Å². The number of carbonyl (C=O) groups is 2. The van der Waals surface area contributed by atoms with Gasteiger partial charge < -0.3 is 14.2 Å². The predicted molar refractivity (Wildman–Crippen MR) is 97.9 cm³/mol. The van der Waals surface area contributed by atoms with Crippen LogP contribution in [0, 0.1) is 0 Å². The first-order chi connectivity index (χ1) is 12.2. The van der Waals surface area contributed by atoms with Gasteiger partial charge in [0.15, 0.2) is 0 Å². The highest BCUT2D eigenvalue weighted by molar-refractivity contribution is 9.16. The standard InChI is InChI=1S/C15H16Br2N2O7/c1-7(20)24-6-12-11(25-8(2)21)3-13(26-12)19-5-9(10(17)4-16)14(22)18-15(19)23/h4-5,11-13H,3,6H2,1-2H3,(H,18,22,23)/t11-,12+,13+/m0/s1. The van der Waals surface area contributed by atoms with Crippen LogP contribution in [0.15, 0.2) is 20.8 Å². The van der Waals surface area contributed by atoms with Crippen LogP contribution < -0.4 is 11.2 Å². The molecule has 11 heteroatoms. The first-order valence-electron chi connectivity index (χ1n) is 7.50. The Kier molecular flexibility index (Phi) is 6.95. The average molecular weight is 496 g/mol. The molecule has 0 amide bonds. The summed E-state index contributed by atoms with van der Waals surface area (Å²) in [6.45, 7) is 2.37. The van der Waals surface area contributed by atoms with Gasteiger partial charge in [-0.15, -0.1) is 0 Å². The molecule has 9 nitrogen and oxygen atoms in total. The van der Waals surface area contributed by atoms with E-state index in [1.54, 1.807) is 0 Å². The molecule has 26 heavy (non-hydrogen) atoms. The second-order valence-corrected chi connectivity index (χ2v) is 6.79. The zero-order valence-corrected chi connectivity index (χ0v) is 17.0. The fourth-order valence-electron chi connectivity index (χ4n) is 2.49. The smallest absolute Gasteiger partial charge is 0.330 e. The minimum atomic E-state index is -0.807. The highest BCUT2D eigenvalue weighted by Gasteiger charge is 2.39. The lowest BCUT2D eigenvalue weighted by Crippen LogP contribution is -2.34. The number of H-pyrrole nitrogens is 1. The lowest BCUT2D eigenvalue weighted by atomic mass is 10.2. The van der Waals surface area contributed by atoms with E-state index in [0.717, 1.165) is 0 Å². The zero-order chi connectivity index (χ0) is 19.4. The Balaban J connectivity index is 2.33. The molecule has 142 valence electrons. The number of halogens is 2. The average Bonchev–Trinajstić information content (AvgIpc) is 2.94. The van der Waals surface area contributed by atoms with Crippen molar-refractivity contribution >= 4 is 48.3 Å². The van der Waals surface area contributed by atoms with Gasteiger partial charge in [-0.25, -0.2) is 4.79 Å². The summed E-state index contributed by atoms with van der Waals surface area (Å²) >= 11 is 6.32. The van der Waals surface area contributed by atoms with Crippen LogP contribution in [0.1, 0.15) is 32.1 Å². The molecule has 0 unspecified atom stereocenters. The number of aromatic amines is 1. The minimum absolute atomic E-state index is 0.125. The summed E-state index contributed by atoms with van der Waals surface area (Å²) in [6, 6.07) is 0. The fourth-order valence-corrected chi connectivity index (χ4v) is 3.02. The van der Waals surface area contributed by atoms with E-state index in [9.17, 15) is 19.2 Å². The summed E-state index contributed by atoms with van der Waals surface area (Å²) in [6.07, 6.45) is -0.739. The van der Waals surface area contributed by atoms with Gasteiger partial charge in [-0.1, -0.05) is 15.9 Å². The van der Waals surface area contributed by atoms with Crippen molar-refractivity contribution < 1.29 is 23.8 Å². The maximum absolute atomic E-state index is 12.2. The largest absolute Gasteiger partial charge is 0.463 e. The highest BCUT2D eigenvalue weighted by Crippen LogP contribution is 2.31. The summed E-state index contributed by atoms with van der Waals surface area (Å²) in [5.74, 6) is -1.03. The van der Waals surface area contributed by atoms with Crippen LogP contribution in [0.3, 0.4) is 0 Å². The number of nitrogens with zero attached hydrogens (tertiary/aromatic N) is 1. The molecule has 0 aliphatic carbocycles. The van der Waals surface area contributed by atoms with Crippen molar-refractivity contribution in [2.24, 2.45) is 0 Å². The number of nitrogens with one attached hydrogen (secondary N) is 1. The fraction of sp³-hybridized carbons (Fsp3) is 0.467. The van der Waals surface area contributed by atoms with Crippen LogP contribution >= 0.6 is 31.9 Å². The summed E-state index contributed by atoms with van der Waals surface area (Å²) < 4.78 is 17.5. The zero-order valence-electron chi connectivity index (χ0n) is 13.9. The lowest BCUT2D eigenvalue weighted by molar-refractivity contribution is -0.155. The second-order valence-electron chi connectivity index (χ2n) is 5.48. The van der Waals surface area contributed by atoms with Crippen molar-refractivity contribution in [3.05, 3.63) is 37.6 Å². The molecule has 1 aromatic heterocycles. The first kappa shape index (κ1) is 20.6. The van der Waals surface area contributed by atoms with Crippen LogP contribution in [0.2, 0.25) is 0 Å². The Bertz CT molecular complexity index is 845. The van der Waals surface area contributed by atoms with Gasteiger partial charge >= 0.3 is 17.6 Å². The van der Waals surface area contributed by atoms with Crippen molar-refractivity contribution in [2.45, 2.75) is 38.7 Å². The Morgan fingerprint density at radius 3 is 2.65 bits per heavy atom. The molecule has 1 aromatic rings. The van der Waals surface area contributed by atoms with Gasteiger partial charge in [0.1, 0.15) is 25.0 Å². The van der Waals surface area contributed by atoms with E-state index in [4.69, 9.17) is 14.2 Å². The molecule has 1 aliphatic rings. The van der Waals surface area contributed by atoms with Crippen LogP contribution in [-0.4, -0.2) is 40.3 Å². The molecular formula is C15H16Br2N2O7. The first-order valence-corrected chi connectivity index (χ1v) is 9.21. The molecule has 2 rings (SSSR count). The van der Waals surface area contributed by atoms with Crippen molar-refractivity contribution in [1.82, 2.24) is 9.55 Å². The van der Waals surface area contributed by atoms with Crippen LogP contribution in [0.4, 0.5) is 0 Å². The summed E-state index contributed by atoms with van der Waals surface area (Å²) in [5.41, 5.74) is -1.04.